The molecule has 0 unspecified atom stereocenters. The minimum absolute atomic E-state index is 0.418. The van der Waals surface area contributed by atoms with Gasteiger partial charge in [0, 0.05) is 12.8 Å². The molecular formula is C16H24O. The monoisotopic (exact) mass is 232 g/mol. The van der Waals surface area contributed by atoms with E-state index in [1.54, 1.807) is 0 Å². The van der Waals surface area contributed by atoms with Gasteiger partial charge in [-0.3, -0.25) is 4.79 Å². The lowest BCUT2D eigenvalue weighted by Crippen LogP contribution is -2.46. The maximum absolute atomic E-state index is 12.1. The average molecular weight is 232 g/mol. The van der Waals surface area contributed by atoms with Crippen molar-refractivity contribution in [1.82, 2.24) is 0 Å². The number of allylic oxidation sites excluding steroid dienone is 1. The Morgan fingerprint density at radius 3 is 2.00 bits per heavy atom. The van der Waals surface area contributed by atoms with Gasteiger partial charge in [0.2, 0.25) is 0 Å². The summed E-state index contributed by atoms with van der Waals surface area (Å²) >= 11 is 0. The second-order valence-electron chi connectivity index (χ2n) is 7.27. The largest absolute Gasteiger partial charge is 0.299 e. The van der Waals surface area contributed by atoms with Crippen LogP contribution >= 0.6 is 0 Å². The van der Waals surface area contributed by atoms with Crippen LogP contribution in [0.1, 0.15) is 58.3 Å². The zero-order valence-electron chi connectivity index (χ0n) is 11.0. The standard InChI is InChI=1S/C16H24O/c1-11(2)3-15(17)10-16-7-12-4-13(8-16)6-14(5-12)9-16/h12-14H,1,3-10H2,2H3. The van der Waals surface area contributed by atoms with Crippen molar-refractivity contribution in [3.63, 3.8) is 0 Å². The van der Waals surface area contributed by atoms with Crippen LogP contribution in [-0.2, 0) is 4.79 Å². The van der Waals surface area contributed by atoms with Crippen LogP contribution in [0.25, 0.3) is 0 Å². The smallest absolute Gasteiger partial charge is 0.137 e. The molecular weight excluding hydrogens is 208 g/mol. The summed E-state index contributed by atoms with van der Waals surface area (Å²) in [5.74, 6) is 3.32. The first-order chi connectivity index (χ1) is 8.05. The summed E-state index contributed by atoms with van der Waals surface area (Å²) in [4.78, 5) is 12.1. The summed E-state index contributed by atoms with van der Waals surface area (Å²) in [7, 11) is 0. The van der Waals surface area contributed by atoms with Gasteiger partial charge in [0.05, 0.1) is 0 Å². The van der Waals surface area contributed by atoms with Crippen molar-refractivity contribution in [2.24, 2.45) is 23.2 Å². The van der Waals surface area contributed by atoms with E-state index in [0.29, 0.717) is 17.6 Å². The highest BCUT2D eigenvalue weighted by Gasteiger charge is 2.51. The molecule has 4 fully saturated rings. The fourth-order valence-corrected chi connectivity index (χ4v) is 5.32. The maximum atomic E-state index is 12.1. The summed E-state index contributed by atoms with van der Waals surface area (Å²) in [6.07, 6.45) is 9.91. The molecule has 1 heteroatoms. The van der Waals surface area contributed by atoms with Gasteiger partial charge in [-0.15, -0.1) is 0 Å². The van der Waals surface area contributed by atoms with Crippen LogP contribution in [0.15, 0.2) is 12.2 Å². The molecule has 94 valence electrons. The molecule has 0 spiro atoms. The molecule has 0 atom stereocenters. The van der Waals surface area contributed by atoms with Gasteiger partial charge in [0.15, 0.2) is 0 Å². The predicted molar refractivity (Wildman–Crippen MR) is 69.7 cm³/mol. The minimum atomic E-state index is 0.418. The van der Waals surface area contributed by atoms with Crippen LogP contribution in [0, 0.1) is 23.2 Å². The van der Waals surface area contributed by atoms with Crippen molar-refractivity contribution in [1.29, 1.82) is 0 Å². The summed E-state index contributed by atoms with van der Waals surface area (Å²) in [5, 5.41) is 0. The number of carbonyl (C=O) groups excluding carboxylic acids is 1. The van der Waals surface area contributed by atoms with Crippen LogP contribution in [0.3, 0.4) is 0 Å². The van der Waals surface area contributed by atoms with E-state index in [9.17, 15) is 4.79 Å². The molecule has 0 radical (unpaired) electrons. The highest BCUT2D eigenvalue weighted by atomic mass is 16.1. The fraction of sp³-hybridized carbons (Fsp3) is 0.812. The molecule has 0 aromatic rings. The lowest BCUT2D eigenvalue weighted by Gasteiger charge is -2.56. The van der Waals surface area contributed by atoms with Crippen molar-refractivity contribution in [2.45, 2.75) is 58.3 Å². The molecule has 4 aliphatic carbocycles. The summed E-state index contributed by atoms with van der Waals surface area (Å²) in [6.45, 7) is 5.84. The Kier molecular flexibility index (Phi) is 2.68. The molecule has 4 rings (SSSR count). The molecule has 0 amide bonds. The summed E-state index contributed by atoms with van der Waals surface area (Å²) in [6, 6.07) is 0. The van der Waals surface area contributed by atoms with Gasteiger partial charge >= 0.3 is 0 Å². The molecule has 1 nitrogen and oxygen atoms in total. The Balaban J connectivity index is 1.70. The van der Waals surface area contributed by atoms with Gasteiger partial charge in [-0.05, 0) is 68.6 Å². The van der Waals surface area contributed by atoms with E-state index < -0.39 is 0 Å². The van der Waals surface area contributed by atoms with E-state index >= 15 is 0 Å². The normalized spacial score (nSPS) is 42.8. The van der Waals surface area contributed by atoms with Crippen LogP contribution in [0.5, 0.6) is 0 Å². The van der Waals surface area contributed by atoms with Gasteiger partial charge in [-0.25, -0.2) is 0 Å². The Morgan fingerprint density at radius 2 is 1.59 bits per heavy atom. The van der Waals surface area contributed by atoms with Gasteiger partial charge in [0.25, 0.3) is 0 Å². The third-order valence-corrected chi connectivity index (χ3v) is 5.24. The van der Waals surface area contributed by atoms with E-state index in [4.69, 9.17) is 0 Å². The number of hydrogen-bond acceptors (Lipinski definition) is 1. The third kappa shape index (κ3) is 2.21. The molecule has 4 bridgehead atoms. The zero-order valence-corrected chi connectivity index (χ0v) is 11.0. The van der Waals surface area contributed by atoms with Crippen LogP contribution in [0.2, 0.25) is 0 Å². The number of Topliss-reactive ketones (excluding diaryl/α,β-unsaturated/α-hetero) is 1. The molecule has 4 saturated carbocycles. The Hall–Kier alpha value is -0.590. The minimum Gasteiger partial charge on any atom is -0.299 e. The lowest BCUT2D eigenvalue weighted by molar-refractivity contribution is -0.126. The first-order valence-electron chi connectivity index (χ1n) is 7.21. The number of carbonyl (C=O) groups is 1. The van der Waals surface area contributed by atoms with Crippen molar-refractivity contribution < 1.29 is 4.79 Å². The van der Waals surface area contributed by atoms with Crippen LogP contribution < -0.4 is 0 Å². The molecule has 0 aromatic carbocycles. The summed E-state index contributed by atoms with van der Waals surface area (Å²) < 4.78 is 0. The molecule has 0 N–H and O–H groups in total. The number of hydrogen-bond donors (Lipinski definition) is 0. The molecule has 4 aliphatic rings. The molecule has 0 heterocycles. The van der Waals surface area contributed by atoms with Crippen LogP contribution in [-0.4, -0.2) is 5.78 Å². The van der Waals surface area contributed by atoms with E-state index in [0.717, 1.165) is 29.7 Å². The van der Waals surface area contributed by atoms with E-state index in [2.05, 4.69) is 6.58 Å². The Bertz CT molecular complexity index is 317. The zero-order chi connectivity index (χ0) is 12.0. The Morgan fingerprint density at radius 1 is 1.12 bits per heavy atom. The average Bonchev–Trinajstić information content (AvgIpc) is 2.11. The number of rotatable bonds is 4. The van der Waals surface area contributed by atoms with E-state index in [1.807, 2.05) is 6.92 Å². The maximum Gasteiger partial charge on any atom is 0.137 e. The molecule has 17 heavy (non-hydrogen) atoms. The lowest BCUT2D eigenvalue weighted by atomic mass is 9.48. The molecule has 0 aromatic heterocycles. The van der Waals surface area contributed by atoms with Crippen molar-refractivity contribution in [2.75, 3.05) is 0 Å². The first kappa shape index (κ1) is 11.5. The first-order valence-corrected chi connectivity index (χ1v) is 7.21. The van der Waals surface area contributed by atoms with Crippen molar-refractivity contribution >= 4 is 5.78 Å². The SMILES string of the molecule is C=C(C)CC(=O)CC12CC3CC(CC(C3)C1)C2. The highest BCUT2D eigenvalue weighted by molar-refractivity contribution is 5.81. The van der Waals surface area contributed by atoms with Gasteiger partial charge in [0.1, 0.15) is 5.78 Å². The summed E-state index contributed by atoms with van der Waals surface area (Å²) in [5.41, 5.74) is 1.45. The van der Waals surface area contributed by atoms with E-state index in [1.165, 1.54) is 38.5 Å². The highest BCUT2D eigenvalue weighted by Crippen LogP contribution is 2.61. The third-order valence-electron chi connectivity index (χ3n) is 5.24. The second kappa shape index (κ2) is 3.96. The molecule has 0 saturated heterocycles. The molecule has 0 aliphatic heterocycles. The van der Waals surface area contributed by atoms with Crippen molar-refractivity contribution in [3.05, 3.63) is 12.2 Å². The fourth-order valence-electron chi connectivity index (χ4n) is 5.32. The second-order valence-corrected chi connectivity index (χ2v) is 7.27. The van der Waals surface area contributed by atoms with Gasteiger partial charge < -0.3 is 0 Å². The van der Waals surface area contributed by atoms with Crippen LogP contribution in [0.4, 0.5) is 0 Å². The van der Waals surface area contributed by atoms with Gasteiger partial charge in [-0.2, -0.15) is 0 Å². The number of ketones is 1. The van der Waals surface area contributed by atoms with Gasteiger partial charge in [-0.1, -0.05) is 12.2 Å². The quantitative estimate of drug-likeness (QED) is 0.666. The van der Waals surface area contributed by atoms with E-state index in [-0.39, 0.29) is 0 Å². The van der Waals surface area contributed by atoms with Crippen molar-refractivity contribution in [3.8, 4) is 0 Å². The topological polar surface area (TPSA) is 17.1 Å². The Labute approximate surface area is 105 Å². The predicted octanol–water partition coefficient (Wildman–Crippen LogP) is 4.13.